The van der Waals surface area contributed by atoms with Crippen LogP contribution in [0.1, 0.15) is 34.6 Å². The SMILES string of the molecule is Cc1cc2c(cc1S(=O)(=O)NC(=O)c1sccc1C)O[C@H](C(C)C)C(=O)N2. The molecule has 1 aliphatic heterocycles. The molecule has 0 radical (unpaired) electrons. The zero-order valence-corrected chi connectivity index (χ0v) is 17.0. The van der Waals surface area contributed by atoms with E-state index in [4.69, 9.17) is 4.74 Å². The number of benzene rings is 1. The lowest BCUT2D eigenvalue weighted by molar-refractivity contribution is -0.125. The van der Waals surface area contributed by atoms with Gasteiger partial charge in [-0.25, -0.2) is 13.1 Å². The van der Waals surface area contributed by atoms with Gasteiger partial charge in [-0.05, 0) is 48.4 Å². The number of hydrogen-bond acceptors (Lipinski definition) is 6. The number of carbonyl (C=O) groups excluding carboxylic acids is 2. The van der Waals surface area contributed by atoms with E-state index in [1.807, 2.05) is 13.8 Å². The standard InChI is InChI=1S/C18H20N2O5S2/c1-9(2)15-17(21)19-12-7-11(4)14(8-13(12)25-15)27(23,24)20-18(22)16-10(3)5-6-26-16/h5-9,15H,1-4H3,(H,19,21)(H,20,22)/t15-/m1/s1. The molecule has 1 aromatic heterocycles. The van der Waals surface area contributed by atoms with Crippen LogP contribution in [-0.4, -0.2) is 26.3 Å². The third-order valence-corrected chi connectivity index (χ3v) is 6.73. The fourth-order valence-corrected chi connectivity index (χ4v) is 4.90. The fourth-order valence-electron chi connectivity index (χ4n) is 2.82. The Morgan fingerprint density at radius 3 is 2.56 bits per heavy atom. The highest BCUT2D eigenvalue weighted by molar-refractivity contribution is 7.90. The molecule has 0 bridgehead atoms. The molecule has 2 aromatic rings. The lowest BCUT2D eigenvalue weighted by atomic mass is 10.0. The van der Waals surface area contributed by atoms with Crippen LogP contribution in [0.25, 0.3) is 0 Å². The molecular formula is C18H20N2O5S2. The van der Waals surface area contributed by atoms with Crippen molar-refractivity contribution >= 4 is 38.9 Å². The van der Waals surface area contributed by atoms with Gasteiger partial charge in [0.15, 0.2) is 6.10 Å². The van der Waals surface area contributed by atoms with Crippen molar-refractivity contribution in [2.75, 3.05) is 5.32 Å². The molecule has 2 amide bonds. The molecule has 3 rings (SSSR count). The second kappa shape index (κ2) is 6.97. The summed E-state index contributed by atoms with van der Waals surface area (Å²) in [6.07, 6.45) is -0.709. The Kier molecular flexibility index (Phi) is 5.00. The van der Waals surface area contributed by atoms with Gasteiger partial charge in [0.1, 0.15) is 5.75 Å². The molecule has 27 heavy (non-hydrogen) atoms. The average Bonchev–Trinajstić information content (AvgIpc) is 2.99. The van der Waals surface area contributed by atoms with Crippen molar-refractivity contribution in [1.29, 1.82) is 0 Å². The minimum Gasteiger partial charge on any atom is -0.478 e. The minimum atomic E-state index is -4.10. The predicted molar refractivity (Wildman–Crippen MR) is 103 cm³/mol. The number of nitrogens with one attached hydrogen (secondary N) is 2. The van der Waals surface area contributed by atoms with Gasteiger partial charge in [-0.3, -0.25) is 9.59 Å². The highest BCUT2D eigenvalue weighted by atomic mass is 32.2. The largest absolute Gasteiger partial charge is 0.478 e. The van der Waals surface area contributed by atoms with Crippen molar-refractivity contribution < 1.29 is 22.7 Å². The molecule has 0 saturated carbocycles. The van der Waals surface area contributed by atoms with Gasteiger partial charge < -0.3 is 10.1 Å². The summed E-state index contributed by atoms with van der Waals surface area (Å²) in [6, 6.07) is 4.62. The van der Waals surface area contributed by atoms with Crippen molar-refractivity contribution in [1.82, 2.24) is 4.72 Å². The molecule has 144 valence electrons. The molecule has 0 unspecified atom stereocenters. The summed E-state index contributed by atoms with van der Waals surface area (Å²) in [4.78, 5) is 24.7. The normalized spacial score (nSPS) is 16.5. The van der Waals surface area contributed by atoms with Crippen LogP contribution in [0.3, 0.4) is 0 Å². The Hall–Kier alpha value is -2.39. The van der Waals surface area contributed by atoms with Crippen molar-refractivity contribution in [3.63, 3.8) is 0 Å². The summed E-state index contributed by atoms with van der Waals surface area (Å²) in [7, 11) is -4.10. The van der Waals surface area contributed by atoms with Crippen molar-refractivity contribution in [3.05, 3.63) is 39.6 Å². The number of carbonyl (C=O) groups is 2. The number of rotatable bonds is 4. The smallest absolute Gasteiger partial charge is 0.275 e. The van der Waals surface area contributed by atoms with E-state index in [2.05, 4.69) is 10.0 Å². The molecule has 0 aliphatic carbocycles. The van der Waals surface area contributed by atoms with Crippen LogP contribution in [0.2, 0.25) is 0 Å². The molecule has 7 nitrogen and oxygen atoms in total. The van der Waals surface area contributed by atoms with Gasteiger partial charge in [-0.1, -0.05) is 13.8 Å². The van der Waals surface area contributed by atoms with Crippen LogP contribution in [0.15, 0.2) is 28.5 Å². The fraction of sp³-hybridized carbons (Fsp3) is 0.333. The van der Waals surface area contributed by atoms with Crippen molar-refractivity contribution in [2.45, 2.75) is 38.7 Å². The van der Waals surface area contributed by atoms with Gasteiger partial charge in [0.25, 0.3) is 21.8 Å². The quantitative estimate of drug-likeness (QED) is 0.810. The first-order valence-corrected chi connectivity index (χ1v) is 10.7. The summed E-state index contributed by atoms with van der Waals surface area (Å²) >= 11 is 1.18. The molecule has 1 aliphatic rings. The molecule has 0 saturated heterocycles. The first-order chi connectivity index (χ1) is 12.6. The second-order valence-corrected chi connectivity index (χ2v) is 9.32. The Morgan fingerprint density at radius 1 is 1.26 bits per heavy atom. The maximum Gasteiger partial charge on any atom is 0.275 e. The average molecular weight is 409 g/mol. The predicted octanol–water partition coefficient (Wildman–Crippen LogP) is 2.84. The van der Waals surface area contributed by atoms with Crippen LogP contribution < -0.4 is 14.8 Å². The Bertz CT molecular complexity index is 1020. The van der Waals surface area contributed by atoms with Crippen molar-refractivity contribution in [2.24, 2.45) is 5.92 Å². The number of aryl methyl sites for hydroxylation is 2. The van der Waals surface area contributed by atoms with E-state index < -0.39 is 22.0 Å². The Labute approximate surface area is 161 Å². The minimum absolute atomic E-state index is 0.0672. The van der Waals surface area contributed by atoms with Gasteiger partial charge >= 0.3 is 0 Å². The second-order valence-electron chi connectivity index (χ2n) is 6.75. The van der Waals surface area contributed by atoms with Crippen LogP contribution in [-0.2, 0) is 14.8 Å². The summed E-state index contributed by atoms with van der Waals surface area (Å²) in [5.41, 5.74) is 1.51. The Morgan fingerprint density at radius 2 is 1.96 bits per heavy atom. The monoisotopic (exact) mass is 408 g/mol. The summed E-state index contributed by atoms with van der Waals surface area (Å²) in [5, 5.41) is 4.46. The summed E-state index contributed by atoms with van der Waals surface area (Å²) < 4.78 is 33.3. The molecular weight excluding hydrogens is 388 g/mol. The molecule has 0 fully saturated rings. The van der Waals surface area contributed by atoms with Gasteiger partial charge in [0.2, 0.25) is 0 Å². The maximum atomic E-state index is 12.8. The third-order valence-electron chi connectivity index (χ3n) is 4.24. The van der Waals surface area contributed by atoms with Gasteiger partial charge in [-0.2, -0.15) is 0 Å². The van der Waals surface area contributed by atoms with E-state index in [9.17, 15) is 18.0 Å². The van der Waals surface area contributed by atoms with Crippen molar-refractivity contribution in [3.8, 4) is 5.75 Å². The van der Waals surface area contributed by atoms with Gasteiger partial charge in [-0.15, -0.1) is 11.3 Å². The van der Waals surface area contributed by atoms with Gasteiger partial charge in [0.05, 0.1) is 15.5 Å². The van der Waals surface area contributed by atoms with E-state index in [0.29, 0.717) is 21.7 Å². The van der Waals surface area contributed by atoms with E-state index in [1.165, 1.54) is 23.5 Å². The number of fused-ring (bicyclic) bond motifs is 1. The highest BCUT2D eigenvalue weighted by Gasteiger charge is 2.32. The number of sulfonamides is 1. The highest BCUT2D eigenvalue weighted by Crippen LogP contribution is 2.35. The van der Waals surface area contributed by atoms with Crippen LogP contribution >= 0.6 is 11.3 Å². The summed E-state index contributed by atoms with van der Waals surface area (Å²) in [6.45, 7) is 7.01. The van der Waals surface area contributed by atoms with Gasteiger partial charge in [0, 0.05) is 6.07 Å². The molecule has 9 heteroatoms. The lowest BCUT2D eigenvalue weighted by Gasteiger charge is -2.29. The molecule has 1 atom stereocenters. The molecule has 2 heterocycles. The van der Waals surface area contributed by atoms with E-state index in [-0.39, 0.29) is 22.5 Å². The van der Waals surface area contributed by atoms with E-state index in [0.717, 1.165) is 0 Å². The van der Waals surface area contributed by atoms with Crippen LogP contribution in [0, 0.1) is 19.8 Å². The number of anilines is 1. The Balaban J connectivity index is 1.95. The number of amides is 2. The first-order valence-electron chi connectivity index (χ1n) is 8.33. The number of ether oxygens (including phenoxy) is 1. The van der Waals surface area contributed by atoms with Crippen LogP contribution in [0.4, 0.5) is 5.69 Å². The molecule has 0 spiro atoms. The lowest BCUT2D eigenvalue weighted by Crippen LogP contribution is -2.40. The maximum absolute atomic E-state index is 12.8. The number of hydrogen-bond donors (Lipinski definition) is 2. The topological polar surface area (TPSA) is 102 Å². The van der Waals surface area contributed by atoms with E-state index in [1.54, 1.807) is 25.3 Å². The van der Waals surface area contributed by atoms with E-state index >= 15 is 0 Å². The molecule has 2 N–H and O–H groups in total. The molecule has 1 aromatic carbocycles. The van der Waals surface area contributed by atoms with Crippen LogP contribution in [0.5, 0.6) is 5.75 Å². The summed E-state index contributed by atoms with van der Waals surface area (Å²) in [5.74, 6) is -0.761. The first kappa shape index (κ1) is 19.4. The zero-order chi connectivity index (χ0) is 19.9. The third kappa shape index (κ3) is 3.70. The zero-order valence-electron chi connectivity index (χ0n) is 15.3. The number of thiophene rings is 1.